The SMILES string of the molecule is CCC(CC)N(C)C(=O)NC(C)CCCC(C)C(=O)O. The van der Waals surface area contributed by atoms with Crippen molar-refractivity contribution in [2.75, 3.05) is 7.05 Å². The van der Waals surface area contributed by atoms with Gasteiger partial charge in [-0.05, 0) is 32.6 Å². The first-order valence-corrected chi connectivity index (χ1v) is 7.59. The van der Waals surface area contributed by atoms with Gasteiger partial charge in [0.05, 0.1) is 5.92 Å². The van der Waals surface area contributed by atoms with E-state index in [2.05, 4.69) is 19.2 Å². The summed E-state index contributed by atoms with van der Waals surface area (Å²) in [6, 6.07) is 0.298. The van der Waals surface area contributed by atoms with Crippen molar-refractivity contribution >= 4 is 12.0 Å². The van der Waals surface area contributed by atoms with Crippen LogP contribution in [0.25, 0.3) is 0 Å². The molecule has 0 spiro atoms. The minimum atomic E-state index is -0.754. The molecule has 0 aromatic carbocycles. The Balaban J connectivity index is 4.04. The molecule has 5 nitrogen and oxygen atoms in total. The molecule has 0 aliphatic rings. The Morgan fingerprint density at radius 2 is 1.70 bits per heavy atom. The van der Waals surface area contributed by atoms with Gasteiger partial charge in [-0.25, -0.2) is 4.79 Å². The largest absolute Gasteiger partial charge is 0.481 e. The lowest BCUT2D eigenvalue weighted by Crippen LogP contribution is -2.46. The number of carbonyl (C=O) groups excluding carboxylic acids is 1. The van der Waals surface area contributed by atoms with E-state index in [1.165, 1.54) is 0 Å². The summed E-state index contributed by atoms with van der Waals surface area (Å²) in [5.74, 6) is -1.07. The van der Waals surface area contributed by atoms with Crippen molar-refractivity contribution in [2.24, 2.45) is 5.92 Å². The molecule has 118 valence electrons. The predicted octanol–water partition coefficient (Wildman–Crippen LogP) is 3.10. The van der Waals surface area contributed by atoms with Crippen LogP contribution in [0, 0.1) is 5.92 Å². The van der Waals surface area contributed by atoms with Crippen LogP contribution in [-0.2, 0) is 4.79 Å². The first kappa shape index (κ1) is 18.7. The number of carbonyl (C=O) groups is 2. The summed E-state index contributed by atoms with van der Waals surface area (Å²) in [6.45, 7) is 7.83. The Labute approximate surface area is 122 Å². The van der Waals surface area contributed by atoms with E-state index in [4.69, 9.17) is 5.11 Å². The lowest BCUT2D eigenvalue weighted by atomic mass is 10.0. The molecule has 0 radical (unpaired) electrons. The third-order valence-electron chi connectivity index (χ3n) is 3.88. The molecule has 2 atom stereocenters. The van der Waals surface area contributed by atoms with Crippen molar-refractivity contribution in [1.82, 2.24) is 10.2 Å². The van der Waals surface area contributed by atoms with Crippen LogP contribution in [-0.4, -0.2) is 41.1 Å². The second-order valence-corrected chi connectivity index (χ2v) is 5.60. The van der Waals surface area contributed by atoms with Gasteiger partial charge in [-0.2, -0.15) is 0 Å². The topological polar surface area (TPSA) is 69.6 Å². The van der Waals surface area contributed by atoms with Gasteiger partial charge in [0, 0.05) is 19.1 Å². The maximum Gasteiger partial charge on any atom is 0.317 e. The lowest BCUT2D eigenvalue weighted by Gasteiger charge is -2.28. The third-order valence-corrected chi connectivity index (χ3v) is 3.88. The molecule has 0 saturated carbocycles. The average molecular weight is 286 g/mol. The van der Waals surface area contributed by atoms with Gasteiger partial charge in [0.2, 0.25) is 0 Å². The summed E-state index contributed by atoms with van der Waals surface area (Å²) >= 11 is 0. The Morgan fingerprint density at radius 3 is 2.15 bits per heavy atom. The van der Waals surface area contributed by atoms with Crippen LogP contribution in [0.2, 0.25) is 0 Å². The molecule has 2 N–H and O–H groups in total. The van der Waals surface area contributed by atoms with E-state index in [1.807, 2.05) is 14.0 Å². The molecule has 0 aliphatic carbocycles. The molecule has 0 heterocycles. The van der Waals surface area contributed by atoms with Gasteiger partial charge in [-0.15, -0.1) is 0 Å². The molecule has 5 heteroatoms. The second kappa shape index (κ2) is 9.61. The Morgan fingerprint density at radius 1 is 1.15 bits per heavy atom. The first-order chi connectivity index (χ1) is 9.33. The van der Waals surface area contributed by atoms with Crippen LogP contribution in [0.1, 0.15) is 59.8 Å². The summed E-state index contributed by atoms with van der Waals surface area (Å²) in [7, 11) is 1.83. The number of nitrogens with one attached hydrogen (secondary N) is 1. The van der Waals surface area contributed by atoms with E-state index in [0.29, 0.717) is 6.42 Å². The van der Waals surface area contributed by atoms with Gasteiger partial charge >= 0.3 is 12.0 Å². The minimum absolute atomic E-state index is 0.0440. The van der Waals surface area contributed by atoms with Gasteiger partial charge in [-0.1, -0.05) is 27.2 Å². The van der Waals surface area contributed by atoms with Gasteiger partial charge < -0.3 is 15.3 Å². The van der Waals surface area contributed by atoms with Crippen LogP contribution in [0.4, 0.5) is 4.79 Å². The minimum Gasteiger partial charge on any atom is -0.481 e. The van der Waals surface area contributed by atoms with Crippen molar-refractivity contribution in [2.45, 2.75) is 71.9 Å². The molecule has 0 saturated heterocycles. The van der Waals surface area contributed by atoms with E-state index in [9.17, 15) is 9.59 Å². The molecule has 0 bridgehead atoms. The number of amides is 2. The summed E-state index contributed by atoms with van der Waals surface area (Å²) < 4.78 is 0. The summed E-state index contributed by atoms with van der Waals surface area (Å²) in [6.07, 6.45) is 4.16. The van der Waals surface area contributed by atoms with Gasteiger partial charge in [0.1, 0.15) is 0 Å². The maximum absolute atomic E-state index is 12.0. The van der Waals surface area contributed by atoms with Crippen molar-refractivity contribution in [3.63, 3.8) is 0 Å². The molecule has 0 aromatic rings. The number of urea groups is 1. The lowest BCUT2D eigenvalue weighted by molar-refractivity contribution is -0.141. The van der Waals surface area contributed by atoms with Crippen LogP contribution < -0.4 is 5.32 Å². The fraction of sp³-hybridized carbons (Fsp3) is 0.867. The molecule has 0 fully saturated rings. The monoisotopic (exact) mass is 286 g/mol. The quantitative estimate of drug-likeness (QED) is 0.684. The zero-order valence-corrected chi connectivity index (χ0v) is 13.5. The van der Waals surface area contributed by atoms with Crippen LogP contribution >= 0.6 is 0 Å². The molecule has 0 rings (SSSR count). The fourth-order valence-electron chi connectivity index (χ4n) is 2.24. The highest BCUT2D eigenvalue weighted by atomic mass is 16.4. The number of carboxylic acids is 1. The fourth-order valence-corrected chi connectivity index (χ4v) is 2.24. The van der Waals surface area contributed by atoms with Crippen molar-refractivity contribution < 1.29 is 14.7 Å². The van der Waals surface area contributed by atoms with Crippen LogP contribution in [0.15, 0.2) is 0 Å². The number of hydrogen-bond acceptors (Lipinski definition) is 2. The Hall–Kier alpha value is -1.26. The van der Waals surface area contributed by atoms with Crippen LogP contribution in [0.5, 0.6) is 0 Å². The van der Waals surface area contributed by atoms with E-state index in [0.717, 1.165) is 25.7 Å². The van der Waals surface area contributed by atoms with Crippen LogP contribution in [0.3, 0.4) is 0 Å². The van der Waals surface area contributed by atoms with Crippen molar-refractivity contribution in [3.8, 4) is 0 Å². The zero-order chi connectivity index (χ0) is 15.7. The Bertz CT molecular complexity index is 303. The van der Waals surface area contributed by atoms with E-state index < -0.39 is 5.97 Å². The molecule has 20 heavy (non-hydrogen) atoms. The number of carboxylic acid groups (broad SMARTS) is 1. The normalized spacial score (nSPS) is 13.9. The predicted molar refractivity (Wildman–Crippen MR) is 80.8 cm³/mol. The molecule has 0 aliphatic heterocycles. The number of aliphatic carboxylic acids is 1. The van der Waals surface area contributed by atoms with Gasteiger partial charge in [0.15, 0.2) is 0 Å². The highest BCUT2D eigenvalue weighted by Crippen LogP contribution is 2.11. The third kappa shape index (κ3) is 6.78. The van der Waals surface area contributed by atoms with E-state index >= 15 is 0 Å². The first-order valence-electron chi connectivity index (χ1n) is 7.59. The highest BCUT2D eigenvalue weighted by Gasteiger charge is 2.18. The maximum atomic E-state index is 12.0. The number of nitrogens with zero attached hydrogens (tertiary/aromatic N) is 1. The van der Waals surface area contributed by atoms with E-state index in [-0.39, 0.29) is 24.0 Å². The number of hydrogen-bond donors (Lipinski definition) is 2. The summed E-state index contributed by atoms with van der Waals surface area (Å²) in [5.41, 5.74) is 0. The van der Waals surface area contributed by atoms with Crippen molar-refractivity contribution in [1.29, 1.82) is 0 Å². The summed E-state index contributed by atoms with van der Waals surface area (Å²) in [5, 5.41) is 11.8. The summed E-state index contributed by atoms with van der Waals surface area (Å²) in [4.78, 5) is 24.5. The molecule has 2 unspecified atom stereocenters. The zero-order valence-electron chi connectivity index (χ0n) is 13.5. The number of rotatable bonds is 9. The molecule has 2 amide bonds. The standard InChI is InChI=1S/C15H30N2O3/c1-6-13(7-2)17(5)15(20)16-12(4)10-8-9-11(3)14(18)19/h11-13H,6-10H2,1-5H3,(H,16,20)(H,18,19). The molecular weight excluding hydrogens is 256 g/mol. The van der Waals surface area contributed by atoms with E-state index in [1.54, 1.807) is 11.8 Å². The molecular formula is C15H30N2O3. The average Bonchev–Trinajstić information content (AvgIpc) is 2.39. The Kier molecular flexibility index (Phi) is 9.01. The highest BCUT2D eigenvalue weighted by molar-refractivity contribution is 5.74. The van der Waals surface area contributed by atoms with Gasteiger partial charge in [0.25, 0.3) is 0 Å². The smallest absolute Gasteiger partial charge is 0.317 e. The molecule has 0 aromatic heterocycles. The second-order valence-electron chi connectivity index (χ2n) is 5.60. The van der Waals surface area contributed by atoms with Gasteiger partial charge in [-0.3, -0.25) is 4.79 Å². The van der Waals surface area contributed by atoms with Crippen molar-refractivity contribution in [3.05, 3.63) is 0 Å².